The lowest BCUT2D eigenvalue weighted by Gasteiger charge is -1.94. The van der Waals surface area contributed by atoms with Crippen LogP contribution in [-0.4, -0.2) is 24.8 Å². The van der Waals surface area contributed by atoms with Crippen molar-refractivity contribution in [2.45, 2.75) is 13.5 Å². The van der Waals surface area contributed by atoms with Crippen molar-refractivity contribution in [3.8, 4) is 0 Å². The Kier molecular flexibility index (Phi) is 2.53. The number of rotatable bonds is 2. The van der Waals surface area contributed by atoms with Crippen molar-refractivity contribution >= 4 is 22.6 Å². The summed E-state index contributed by atoms with van der Waals surface area (Å²) in [5.41, 5.74) is 2.11. The van der Waals surface area contributed by atoms with Crippen LogP contribution in [0.1, 0.15) is 11.3 Å². The zero-order chi connectivity index (χ0) is 10.1. The first-order valence-electron chi connectivity index (χ1n) is 4.20. The predicted molar refractivity (Wildman–Crippen MR) is 59.8 cm³/mol. The first-order valence-corrected chi connectivity index (χ1v) is 5.28. The molecule has 0 spiro atoms. The molecule has 2 heterocycles. The van der Waals surface area contributed by atoms with Crippen LogP contribution >= 0.6 is 22.6 Å². The maximum absolute atomic E-state index is 4.34. The highest BCUT2D eigenvalue weighted by Gasteiger charge is 2.04. The molecular formula is C8H10IN5. The molecule has 0 aromatic carbocycles. The molecule has 6 heteroatoms. The van der Waals surface area contributed by atoms with Crippen LogP contribution in [-0.2, 0) is 13.6 Å². The van der Waals surface area contributed by atoms with E-state index < -0.39 is 0 Å². The number of aryl methyl sites for hydroxylation is 2. The van der Waals surface area contributed by atoms with Gasteiger partial charge in [-0.05, 0) is 29.5 Å². The third kappa shape index (κ3) is 1.94. The van der Waals surface area contributed by atoms with Gasteiger partial charge in [-0.1, -0.05) is 5.21 Å². The molecule has 0 unspecified atom stereocenters. The van der Waals surface area contributed by atoms with Crippen LogP contribution in [0.25, 0.3) is 0 Å². The Hall–Kier alpha value is -0.920. The summed E-state index contributed by atoms with van der Waals surface area (Å²) in [5, 5.41) is 12.2. The molecule has 0 amide bonds. The molecule has 0 saturated carbocycles. The molecule has 0 aliphatic rings. The molecular weight excluding hydrogens is 293 g/mol. The van der Waals surface area contributed by atoms with Gasteiger partial charge in [0.15, 0.2) is 0 Å². The van der Waals surface area contributed by atoms with Crippen molar-refractivity contribution in [2.24, 2.45) is 7.05 Å². The van der Waals surface area contributed by atoms with Crippen LogP contribution < -0.4 is 0 Å². The average molecular weight is 303 g/mol. The summed E-state index contributed by atoms with van der Waals surface area (Å²) < 4.78 is 4.60. The molecule has 74 valence electrons. The Bertz CT molecular complexity index is 425. The predicted octanol–water partition coefficient (Wildman–Crippen LogP) is 0.973. The standard InChI is InChI=1S/C8H10IN5/c1-6-3-14(11-8(6)9)5-7-4-13(2)12-10-7/h3-4H,5H2,1-2H3. The van der Waals surface area contributed by atoms with Crippen LogP contribution in [0.15, 0.2) is 12.4 Å². The van der Waals surface area contributed by atoms with E-state index in [9.17, 15) is 0 Å². The summed E-state index contributed by atoms with van der Waals surface area (Å²) in [6.07, 6.45) is 3.90. The largest absolute Gasteiger partial charge is 0.265 e. The molecule has 0 atom stereocenters. The van der Waals surface area contributed by atoms with Crippen molar-refractivity contribution < 1.29 is 0 Å². The Balaban J connectivity index is 2.18. The summed E-state index contributed by atoms with van der Waals surface area (Å²) in [6.45, 7) is 2.72. The molecule has 2 aromatic heterocycles. The van der Waals surface area contributed by atoms with E-state index in [-0.39, 0.29) is 0 Å². The van der Waals surface area contributed by atoms with Gasteiger partial charge in [0.05, 0.1) is 6.54 Å². The quantitative estimate of drug-likeness (QED) is 0.777. The number of nitrogens with zero attached hydrogens (tertiary/aromatic N) is 5. The van der Waals surface area contributed by atoms with Crippen molar-refractivity contribution in [2.75, 3.05) is 0 Å². The van der Waals surface area contributed by atoms with Gasteiger partial charge in [-0.2, -0.15) is 5.10 Å². The molecule has 5 nitrogen and oxygen atoms in total. The summed E-state index contributed by atoms with van der Waals surface area (Å²) in [5.74, 6) is 0. The van der Waals surface area contributed by atoms with E-state index in [0.717, 1.165) is 9.39 Å². The topological polar surface area (TPSA) is 48.5 Å². The van der Waals surface area contributed by atoms with Crippen LogP contribution in [0.4, 0.5) is 0 Å². The maximum atomic E-state index is 4.34. The van der Waals surface area contributed by atoms with Gasteiger partial charge in [-0.25, -0.2) is 0 Å². The number of halogens is 1. The van der Waals surface area contributed by atoms with Crippen molar-refractivity contribution in [1.29, 1.82) is 0 Å². The Morgan fingerprint density at radius 2 is 2.21 bits per heavy atom. The van der Waals surface area contributed by atoms with E-state index in [1.807, 2.05) is 31.0 Å². The zero-order valence-corrected chi connectivity index (χ0v) is 10.1. The van der Waals surface area contributed by atoms with Gasteiger partial charge in [-0.15, -0.1) is 5.10 Å². The van der Waals surface area contributed by atoms with Crippen molar-refractivity contribution in [3.05, 3.63) is 27.4 Å². The normalized spacial score (nSPS) is 10.8. The molecule has 0 aliphatic carbocycles. The van der Waals surface area contributed by atoms with Gasteiger partial charge in [0, 0.05) is 25.0 Å². The first kappa shape index (κ1) is 9.63. The Morgan fingerprint density at radius 3 is 2.71 bits per heavy atom. The molecule has 0 bridgehead atoms. The second kappa shape index (κ2) is 3.68. The monoisotopic (exact) mass is 303 g/mol. The summed E-state index contributed by atoms with van der Waals surface area (Å²) in [4.78, 5) is 0. The fourth-order valence-electron chi connectivity index (χ4n) is 1.21. The lowest BCUT2D eigenvalue weighted by molar-refractivity contribution is 0.663. The summed E-state index contributed by atoms with van der Waals surface area (Å²) in [7, 11) is 1.86. The van der Waals surface area contributed by atoms with E-state index in [1.54, 1.807) is 4.68 Å². The molecule has 2 rings (SSSR count). The van der Waals surface area contributed by atoms with Gasteiger partial charge < -0.3 is 0 Å². The molecule has 0 aliphatic heterocycles. The highest BCUT2D eigenvalue weighted by atomic mass is 127. The smallest absolute Gasteiger partial charge is 0.126 e. The molecule has 0 fully saturated rings. The van der Waals surface area contributed by atoms with Gasteiger partial charge >= 0.3 is 0 Å². The van der Waals surface area contributed by atoms with E-state index in [2.05, 4.69) is 38.0 Å². The molecule has 0 saturated heterocycles. The van der Waals surface area contributed by atoms with E-state index in [1.165, 1.54) is 5.56 Å². The fourth-order valence-corrected chi connectivity index (χ4v) is 1.63. The Labute approximate surface area is 95.2 Å². The number of hydrogen-bond donors (Lipinski definition) is 0. The minimum absolute atomic E-state index is 0.678. The van der Waals surface area contributed by atoms with Gasteiger partial charge in [0.1, 0.15) is 9.39 Å². The third-order valence-corrected chi connectivity index (χ3v) is 2.92. The zero-order valence-electron chi connectivity index (χ0n) is 7.98. The van der Waals surface area contributed by atoms with Gasteiger partial charge in [-0.3, -0.25) is 9.36 Å². The van der Waals surface area contributed by atoms with Crippen LogP contribution in [0, 0.1) is 10.6 Å². The van der Waals surface area contributed by atoms with Gasteiger partial charge in [0.2, 0.25) is 0 Å². The highest BCUT2D eigenvalue weighted by Crippen LogP contribution is 2.08. The summed E-state index contributed by atoms with van der Waals surface area (Å²) in [6, 6.07) is 0. The fraction of sp³-hybridized carbons (Fsp3) is 0.375. The Morgan fingerprint density at radius 1 is 1.43 bits per heavy atom. The first-order chi connectivity index (χ1) is 6.65. The number of hydrogen-bond acceptors (Lipinski definition) is 3. The van der Waals surface area contributed by atoms with E-state index in [0.29, 0.717) is 6.54 Å². The van der Waals surface area contributed by atoms with Crippen LogP contribution in [0.2, 0.25) is 0 Å². The SMILES string of the molecule is Cc1cn(Cc2cn(C)nn2)nc1I. The molecule has 2 aromatic rings. The minimum atomic E-state index is 0.678. The average Bonchev–Trinajstić information content (AvgIpc) is 2.62. The third-order valence-electron chi connectivity index (χ3n) is 1.86. The molecule has 0 radical (unpaired) electrons. The summed E-state index contributed by atoms with van der Waals surface area (Å²) >= 11 is 2.22. The van der Waals surface area contributed by atoms with Crippen LogP contribution in [0.3, 0.4) is 0 Å². The number of aromatic nitrogens is 5. The van der Waals surface area contributed by atoms with E-state index in [4.69, 9.17) is 0 Å². The molecule has 14 heavy (non-hydrogen) atoms. The minimum Gasteiger partial charge on any atom is -0.265 e. The van der Waals surface area contributed by atoms with Gasteiger partial charge in [0.25, 0.3) is 0 Å². The van der Waals surface area contributed by atoms with Crippen molar-refractivity contribution in [1.82, 2.24) is 24.8 Å². The second-order valence-electron chi connectivity index (χ2n) is 3.18. The van der Waals surface area contributed by atoms with Crippen molar-refractivity contribution in [3.63, 3.8) is 0 Å². The maximum Gasteiger partial charge on any atom is 0.126 e. The lowest BCUT2D eigenvalue weighted by atomic mass is 10.4. The van der Waals surface area contributed by atoms with Crippen LogP contribution in [0.5, 0.6) is 0 Å². The van der Waals surface area contributed by atoms with E-state index >= 15 is 0 Å². The second-order valence-corrected chi connectivity index (χ2v) is 4.21. The highest BCUT2D eigenvalue weighted by molar-refractivity contribution is 14.1. The lowest BCUT2D eigenvalue weighted by Crippen LogP contribution is -2.00. The molecule has 0 N–H and O–H groups in total.